The number of aliphatic carboxylic acids is 1. The lowest BCUT2D eigenvalue weighted by atomic mass is 10.3. The lowest BCUT2D eigenvalue weighted by molar-refractivity contribution is -0.136. The second-order valence-electron chi connectivity index (χ2n) is 3.71. The third-order valence-electron chi connectivity index (χ3n) is 2.52. The van der Waals surface area contributed by atoms with Crippen molar-refractivity contribution in [2.45, 2.75) is 44.7 Å². The van der Waals surface area contributed by atoms with Crippen LogP contribution < -0.4 is 0 Å². The Morgan fingerprint density at radius 1 is 1.59 bits per heavy atom. The van der Waals surface area contributed by atoms with E-state index < -0.39 is 5.97 Å². The summed E-state index contributed by atoms with van der Waals surface area (Å²) in [6, 6.07) is 0. The van der Waals surface area contributed by atoms with Crippen LogP contribution in [0.15, 0.2) is 0 Å². The zero-order valence-corrected chi connectivity index (χ0v) is 11.8. The van der Waals surface area contributed by atoms with Crippen LogP contribution in [0.4, 0.5) is 0 Å². The highest BCUT2D eigenvalue weighted by Crippen LogP contribution is 2.27. The van der Waals surface area contributed by atoms with E-state index in [4.69, 9.17) is 16.7 Å². The fraction of sp³-hybridized carbons (Fsp3) is 0.636. The summed E-state index contributed by atoms with van der Waals surface area (Å²) in [4.78, 5) is 10.9. The van der Waals surface area contributed by atoms with Gasteiger partial charge >= 0.3 is 5.97 Å². The molecular formula is C11H17ClN2O2S. The fourth-order valence-corrected chi connectivity index (χ4v) is 2.86. The van der Waals surface area contributed by atoms with Crippen LogP contribution in [0.5, 0.6) is 0 Å². The first-order chi connectivity index (χ1) is 8.01. The number of carbonyl (C=O) groups is 1. The molecular weight excluding hydrogens is 260 g/mol. The average Bonchev–Trinajstić information content (AvgIpc) is 2.56. The summed E-state index contributed by atoms with van der Waals surface area (Å²) in [5, 5.41) is 13.5. The quantitative estimate of drug-likeness (QED) is 0.868. The summed E-state index contributed by atoms with van der Waals surface area (Å²) in [7, 11) is 0. The summed E-state index contributed by atoms with van der Waals surface area (Å²) in [6.07, 6.45) is 0.608. The second kappa shape index (κ2) is 6.31. The Hall–Kier alpha value is -0.680. The predicted molar refractivity (Wildman–Crippen MR) is 70.7 cm³/mol. The minimum absolute atomic E-state index is 0.383. The molecule has 4 nitrogen and oxygen atoms in total. The number of rotatable bonds is 6. The van der Waals surface area contributed by atoms with Gasteiger partial charge in [0.1, 0.15) is 5.25 Å². The summed E-state index contributed by atoms with van der Waals surface area (Å²) in [6.45, 7) is 6.46. The molecule has 1 heterocycles. The standard InChI is InChI=1S/C11H17ClN2O2S/c1-4-9(11(15)16)17-6-8-10(12)7(3)13-14(8)5-2/h9H,4-6H2,1-3H3,(H,15,16). The van der Waals surface area contributed by atoms with E-state index in [2.05, 4.69) is 5.10 Å². The van der Waals surface area contributed by atoms with Crippen LogP contribution >= 0.6 is 23.4 Å². The number of nitrogens with zero attached hydrogens (tertiary/aromatic N) is 2. The van der Waals surface area contributed by atoms with E-state index in [9.17, 15) is 4.79 Å². The number of hydrogen-bond donors (Lipinski definition) is 1. The van der Waals surface area contributed by atoms with Crippen molar-refractivity contribution in [1.29, 1.82) is 0 Å². The van der Waals surface area contributed by atoms with Gasteiger partial charge in [-0.25, -0.2) is 0 Å². The van der Waals surface area contributed by atoms with Gasteiger partial charge in [-0.2, -0.15) is 5.10 Å². The SMILES string of the molecule is CCC(SCc1c(Cl)c(C)nn1CC)C(=O)O. The molecule has 1 atom stereocenters. The highest BCUT2D eigenvalue weighted by molar-refractivity contribution is 7.99. The molecule has 1 aromatic rings. The zero-order valence-electron chi connectivity index (χ0n) is 10.2. The monoisotopic (exact) mass is 276 g/mol. The number of hydrogen-bond acceptors (Lipinski definition) is 3. The van der Waals surface area contributed by atoms with Gasteiger partial charge in [-0.15, -0.1) is 11.8 Å². The molecule has 0 aromatic carbocycles. The summed E-state index contributed by atoms with van der Waals surface area (Å²) in [5.74, 6) is -0.189. The molecule has 1 unspecified atom stereocenters. The minimum Gasteiger partial charge on any atom is -0.480 e. The Balaban J connectivity index is 2.77. The number of halogens is 1. The van der Waals surface area contributed by atoms with Gasteiger partial charge in [0.15, 0.2) is 0 Å². The Labute approximate surface area is 110 Å². The van der Waals surface area contributed by atoms with Crippen molar-refractivity contribution in [3.63, 3.8) is 0 Å². The number of carboxylic acids is 1. The van der Waals surface area contributed by atoms with Crippen LogP contribution in [0.1, 0.15) is 31.7 Å². The van der Waals surface area contributed by atoms with Gasteiger partial charge in [0.2, 0.25) is 0 Å². The number of aromatic nitrogens is 2. The second-order valence-corrected chi connectivity index (χ2v) is 5.28. The maximum atomic E-state index is 10.9. The number of carboxylic acid groups (broad SMARTS) is 1. The van der Waals surface area contributed by atoms with Crippen LogP contribution in [0.2, 0.25) is 5.02 Å². The molecule has 0 aliphatic heterocycles. The summed E-state index contributed by atoms with van der Waals surface area (Å²) >= 11 is 7.55. The Morgan fingerprint density at radius 2 is 2.24 bits per heavy atom. The van der Waals surface area contributed by atoms with Gasteiger partial charge in [0.05, 0.1) is 16.4 Å². The molecule has 0 radical (unpaired) electrons. The highest BCUT2D eigenvalue weighted by atomic mass is 35.5. The molecule has 1 N–H and O–H groups in total. The van der Waals surface area contributed by atoms with Crippen molar-refractivity contribution in [2.75, 3.05) is 0 Å². The molecule has 0 aliphatic rings. The van der Waals surface area contributed by atoms with Gasteiger partial charge in [-0.3, -0.25) is 9.48 Å². The van der Waals surface area contributed by atoms with Crippen LogP contribution in [0.3, 0.4) is 0 Å². The molecule has 0 fully saturated rings. The van der Waals surface area contributed by atoms with Gasteiger partial charge in [-0.1, -0.05) is 18.5 Å². The third kappa shape index (κ3) is 3.39. The molecule has 96 valence electrons. The molecule has 0 amide bonds. The lowest BCUT2D eigenvalue weighted by Crippen LogP contribution is -2.15. The predicted octanol–water partition coefficient (Wildman–Crippen LogP) is 2.96. The molecule has 17 heavy (non-hydrogen) atoms. The van der Waals surface area contributed by atoms with Crippen molar-refractivity contribution in [3.05, 3.63) is 16.4 Å². The Morgan fingerprint density at radius 3 is 2.71 bits per heavy atom. The normalized spacial score (nSPS) is 12.7. The van der Waals surface area contributed by atoms with Crippen molar-refractivity contribution in [2.24, 2.45) is 0 Å². The number of thioether (sulfide) groups is 1. The summed E-state index contributed by atoms with van der Waals surface area (Å²) in [5.41, 5.74) is 1.71. The van der Waals surface area contributed by atoms with E-state index in [1.54, 1.807) is 0 Å². The Bertz CT molecular complexity index is 406. The molecule has 0 saturated heterocycles. The first-order valence-electron chi connectivity index (χ1n) is 5.57. The van der Waals surface area contributed by atoms with Crippen LogP contribution in [0, 0.1) is 6.92 Å². The topological polar surface area (TPSA) is 55.1 Å². The fourth-order valence-electron chi connectivity index (χ4n) is 1.55. The van der Waals surface area contributed by atoms with Crippen molar-refractivity contribution < 1.29 is 9.90 Å². The molecule has 1 rings (SSSR count). The van der Waals surface area contributed by atoms with Crippen LogP contribution in [-0.2, 0) is 17.1 Å². The lowest BCUT2D eigenvalue weighted by Gasteiger charge is -2.10. The first-order valence-corrected chi connectivity index (χ1v) is 7.00. The largest absolute Gasteiger partial charge is 0.480 e. The average molecular weight is 277 g/mol. The smallest absolute Gasteiger partial charge is 0.316 e. The van der Waals surface area contributed by atoms with Gasteiger partial charge < -0.3 is 5.11 Å². The Kier molecular flexibility index (Phi) is 5.33. The van der Waals surface area contributed by atoms with Crippen LogP contribution in [-0.4, -0.2) is 26.1 Å². The zero-order chi connectivity index (χ0) is 13.0. The van der Waals surface area contributed by atoms with Crippen LogP contribution in [0.25, 0.3) is 0 Å². The minimum atomic E-state index is -0.770. The van der Waals surface area contributed by atoms with E-state index in [0.29, 0.717) is 17.2 Å². The van der Waals surface area contributed by atoms with Gasteiger partial charge in [0.25, 0.3) is 0 Å². The highest BCUT2D eigenvalue weighted by Gasteiger charge is 2.19. The molecule has 0 bridgehead atoms. The van der Waals surface area contributed by atoms with E-state index in [1.807, 2.05) is 25.5 Å². The van der Waals surface area contributed by atoms with E-state index in [1.165, 1.54) is 11.8 Å². The molecule has 0 aliphatic carbocycles. The van der Waals surface area contributed by atoms with E-state index in [-0.39, 0.29) is 5.25 Å². The van der Waals surface area contributed by atoms with Crippen molar-refractivity contribution in [1.82, 2.24) is 9.78 Å². The molecule has 6 heteroatoms. The van der Waals surface area contributed by atoms with E-state index in [0.717, 1.165) is 17.9 Å². The summed E-state index contributed by atoms with van der Waals surface area (Å²) < 4.78 is 1.83. The van der Waals surface area contributed by atoms with Crippen molar-refractivity contribution in [3.8, 4) is 0 Å². The number of aryl methyl sites for hydroxylation is 2. The van der Waals surface area contributed by atoms with E-state index >= 15 is 0 Å². The molecule has 0 spiro atoms. The maximum Gasteiger partial charge on any atom is 0.316 e. The molecule has 0 saturated carbocycles. The van der Waals surface area contributed by atoms with Gasteiger partial charge in [0, 0.05) is 12.3 Å². The van der Waals surface area contributed by atoms with Gasteiger partial charge in [-0.05, 0) is 20.3 Å². The first kappa shape index (κ1) is 14.4. The third-order valence-corrected chi connectivity index (χ3v) is 4.39. The molecule has 1 aromatic heterocycles. The maximum absolute atomic E-state index is 10.9. The van der Waals surface area contributed by atoms with Crippen molar-refractivity contribution >= 4 is 29.3 Å².